The number of halogens is 1. The summed E-state index contributed by atoms with van der Waals surface area (Å²) in [5.74, 6) is 1.58. The largest absolute Gasteiger partial charge is 0.492 e. The predicted octanol–water partition coefficient (Wildman–Crippen LogP) is 4.01. The van der Waals surface area contributed by atoms with E-state index in [-0.39, 0.29) is 11.9 Å². The number of carbonyl (C=O) groups is 1. The summed E-state index contributed by atoms with van der Waals surface area (Å²) < 4.78 is 11.4. The topological polar surface area (TPSA) is 63.7 Å². The van der Waals surface area contributed by atoms with Crippen molar-refractivity contribution in [2.75, 3.05) is 27.2 Å². The van der Waals surface area contributed by atoms with Crippen LogP contribution in [0.1, 0.15) is 19.4 Å². The Labute approximate surface area is 171 Å². The molecule has 0 spiro atoms. The number of nitrogens with zero attached hydrogens (tertiary/aromatic N) is 2. The lowest BCUT2D eigenvalue weighted by molar-refractivity contribution is -0.119. The second-order valence-corrected chi connectivity index (χ2v) is 7.03. The molecule has 28 heavy (non-hydrogen) atoms. The average molecular weight is 404 g/mol. The highest BCUT2D eigenvalue weighted by Gasteiger charge is 2.07. The van der Waals surface area contributed by atoms with E-state index in [0.29, 0.717) is 29.0 Å². The zero-order valence-corrected chi connectivity index (χ0v) is 17.4. The Morgan fingerprint density at radius 2 is 2.11 bits per heavy atom. The molecule has 1 aromatic carbocycles. The maximum atomic E-state index is 11.0. The fourth-order valence-corrected chi connectivity index (χ4v) is 2.50. The molecule has 0 saturated heterocycles. The molecule has 0 aliphatic carbocycles. The number of amides is 1. The van der Waals surface area contributed by atoms with Gasteiger partial charge in [-0.15, -0.1) is 0 Å². The fourth-order valence-electron chi connectivity index (χ4n) is 2.29. The molecular weight excluding hydrogens is 378 g/mol. The van der Waals surface area contributed by atoms with Crippen molar-refractivity contribution in [3.8, 4) is 17.4 Å². The minimum atomic E-state index is -0.0648. The number of ether oxygens (including phenoxy) is 2. The van der Waals surface area contributed by atoms with Crippen molar-refractivity contribution >= 4 is 23.6 Å². The highest BCUT2D eigenvalue weighted by molar-refractivity contribution is 6.32. The van der Waals surface area contributed by atoms with Gasteiger partial charge in [0.05, 0.1) is 5.02 Å². The standard InChI is InChI=1S/C21H26ClN3O3/c1-15(24-16(2)26)5-6-17-7-10-21(23-14-17)28-20-9-8-18(13-19(20)22)27-12-11-25(3)4/h5-10,13-15H,11-12H2,1-4H3,(H,24,26)/b6-5+/t15-/m0/s1. The molecule has 6 nitrogen and oxygen atoms in total. The monoisotopic (exact) mass is 403 g/mol. The van der Waals surface area contributed by atoms with E-state index in [1.807, 2.05) is 50.2 Å². The van der Waals surface area contributed by atoms with Crippen molar-refractivity contribution in [3.63, 3.8) is 0 Å². The van der Waals surface area contributed by atoms with Gasteiger partial charge in [0.1, 0.15) is 18.1 Å². The van der Waals surface area contributed by atoms with Crippen molar-refractivity contribution < 1.29 is 14.3 Å². The van der Waals surface area contributed by atoms with Crippen molar-refractivity contribution in [2.24, 2.45) is 0 Å². The lowest BCUT2D eigenvalue weighted by atomic mass is 10.2. The molecule has 2 rings (SSSR count). The van der Waals surface area contributed by atoms with Crippen LogP contribution in [0.5, 0.6) is 17.4 Å². The van der Waals surface area contributed by atoms with Crippen molar-refractivity contribution in [2.45, 2.75) is 19.9 Å². The van der Waals surface area contributed by atoms with Crippen molar-refractivity contribution in [3.05, 3.63) is 53.2 Å². The van der Waals surface area contributed by atoms with E-state index < -0.39 is 0 Å². The summed E-state index contributed by atoms with van der Waals surface area (Å²) in [6.07, 6.45) is 5.48. The fraction of sp³-hybridized carbons (Fsp3) is 0.333. The third-order valence-corrected chi connectivity index (χ3v) is 3.99. The molecule has 2 aromatic rings. The zero-order valence-electron chi connectivity index (χ0n) is 16.6. The van der Waals surface area contributed by atoms with E-state index in [1.165, 1.54) is 6.92 Å². The van der Waals surface area contributed by atoms with E-state index in [4.69, 9.17) is 21.1 Å². The number of likely N-dealkylation sites (N-methyl/N-ethyl adjacent to an activating group) is 1. The molecule has 0 aliphatic rings. The smallest absolute Gasteiger partial charge is 0.219 e. The molecule has 0 fully saturated rings. The van der Waals surface area contributed by atoms with Crippen LogP contribution in [0.3, 0.4) is 0 Å². The molecular formula is C21H26ClN3O3. The molecule has 0 aliphatic heterocycles. The second kappa shape index (κ2) is 10.7. The summed E-state index contributed by atoms with van der Waals surface area (Å²) in [5, 5.41) is 3.24. The van der Waals surface area contributed by atoms with E-state index >= 15 is 0 Å². The highest BCUT2D eigenvalue weighted by atomic mass is 35.5. The van der Waals surface area contributed by atoms with Crippen LogP contribution in [0, 0.1) is 0 Å². The Balaban J connectivity index is 1.94. The molecule has 1 amide bonds. The van der Waals surface area contributed by atoms with Gasteiger partial charge in [0.15, 0.2) is 0 Å². The molecule has 7 heteroatoms. The van der Waals surface area contributed by atoms with Crippen LogP contribution in [0.4, 0.5) is 0 Å². The molecule has 0 unspecified atom stereocenters. The summed E-state index contributed by atoms with van der Waals surface area (Å²) in [5.41, 5.74) is 0.903. The molecule has 0 bridgehead atoms. The van der Waals surface area contributed by atoms with Crippen LogP contribution in [-0.2, 0) is 4.79 Å². The summed E-state index contributed by atoms with van der Waals surface area (Å²) in [4.78, 5) is 17.4. The van der Waals surface area contributed by atoms with Crippen LogP contribution in [0.25, 0.3) is 6.08 Å². The minimum Gasteiger partial charge on any atom is -0.492 e. The summed E-state index contributed by atoms with van der Waals surface area (Å²) >= 11 is 6.29. The first-order valence-corrected chi connectivity index (χ1v) is 9.37. The van der Waals surface area contributed by atoms with Gasteiger partial charge in [-0.3, -0.25) is 4.79 Å². The number of carbonyl (C=O) groups excluding carboxylic acids is 1. The number of nitrogens with one attached hydrogen (secondary N) is 1. The zero-order chi connectivity index (χ0) is 20.5. The maximum absolute atomic E-state index is 11.0. The molecule has 0 saturated carbocycles. The Morgan fingerprint density at radius 3 is 2.71 bits per heavy atom. The van der Waals surface area contributed by atoms with Gasteiger partial charge in [0.25, 0.3) is 0 Å². The van der Waals surface area contributed by atoms with Crippen LogP contribution < -0.4 is 14.8 Å². The summed E-state index contributed by atoms with van der Waals surface area (Å²) in [7, 11) is 3.98. The first-order valence-electron chi connectivity index (χ1n) is 9.00. The predicted molar refractivity (Wildman–Crippen MR) is 112 cm³/mol. The lowest BCUT2D eigenvalue weighted by Gasteiger charge is -2.12. The first kappa shape index (κ1) is 21.7. The Bertz CT molecular complexity index is 807. The maximum Gasteiger partial charge on any atom is 0.219 e. The van der Waals surface area contributed by atoms with Gasteiger partial charge in [-0.1, -0.05) is 23.8 Å². The number of benzene rings is 1. The molecule has 0 radical (unpaired) electrons. The van der Waals surface area contributed by atoms with E-state index in [9.17, 15) is 4.79 Å². The van der Waals surface area contributed by atoms with Gasteiger partial charge >= 0.3 is 0 Å². The number of pyridine rings is 1. The molecule has 1 heterocycles. The Morgan fingerprint density at radius 1 is 1.32 bits per heavy atom. The quantitative estimate of drug-likeness (QED) is 0.685. The number of aromatic nitrogens is 1. The number of rotatable bonds is 9. The van der Waals surface area contributed by atoms with Crippen LogP contribution >= 0.6 is 11.6 Å². The second-order valence-electron chi connectivity index (χ2n) is 6.62. The third kappa shape index (κ3) is 7.58. The number of hydrogen-bond donors (Lipinski definition) is 1. The molecule has 1 N–H and O–H groups in total. The normalized spacial score (nSPS) is 12.2. The molecule has 150 valence electrons. The highest BCUT2D eigenvalue weighted by Crippen LogP contribution is 2.31. The van der Waals surface area contributed by atoms with Crippen molar-refractivity contribution in [1.82, 2.24) is 15.2 Å². The van der Waals surface area contributed by atoms with Gasteiger partial charge in [0, 0.05) is 37.8 Å². The van der Waals surface area contributed by atoms with Crippen molar-refractivity contribution in [1.29, 1.82) is 0 Å². The molecule has 1 atom stereocenters. The van der Waals surface area contributed by atoms with E-state index in [0.717, 1.165) is 12.1 Å². The SMILES string of the molecule is CC(=O)N[C@@H](C)/C=C/c1ccc(Oc2ccc(OCCN(C)C)cc2Cl)nc1. The van der Waals surface area contributed by atoms with Crippen LogP contribution in [0.15, 0.2) is 42.6 Å². The Kier molecular flexibility index (Phi) is 8.29. The molecule has 1 aromatic heterocycles. The van der Waals surface area contributed by atoms with Gasteiger partial charge in [-0.2, -0.15) is 0 Å². The Hall–Kier alpha value is -2.57. The summed E-state index contributed by atoms with van der Waals surface area (Å²) in [6.45, 7) is 4.80. The van der Waals surface area contributed by atoms with Gasteiger partial charge < -0.3 is 19.7 Å². The van der Waals surface area contributed by atoms with Gasteiger partial charge in [-0.25, -0.2) is 4.98 Å². The average Bonchev–Trinajstić information content (AvgIpc) is 2.62. The van der Waals surface area contributed by atoms with E-state index in [1.54, 1.807) is 24.4 Å². The van der Waals surface area contributed by atoms with Crippen LogP contribution in [-0.4, -0.2) is 49.1 Å². The third-order valence-electron chi connectivity index (χ3n) is 3.69. The van der Waals surface area contributed by atoms with Gasteiger partial charge in [-0.05, 0) is 44.8 Å². The van der Waals surface area contributed by atoms with E-state index in [2.05, 4.69) is 10.3 Å². The number of hydrogen-bond acceptors (Lipinski definition) is 5. The van der Waals surface area contributed by atoms with Gasteiger partial charge in [0.2, 0.25) is 11.8 Å². The minimum absolute atomic E-state index is 0.0503. The van der Waals surface area contributed by atoms with Crippen LogP contribution in [0.2, 0.25) is 5.02 Å². The summed E-state index contributed by atoms with van der Waals surface area (Å²) in [6, 6.07) is 8.90. The lowest BCUT2D eigenvalue weighted by Crippen LogP contribution is -2.28. The first-order chi connectivity index (χ1) is 13.3.